The van der Waals surface area contributed by atoms with Gasteiger partial charge in [0.05, 0.1) is 51.5 Å². The van der Waals surface area contributed by atoms with Gasteiger partial charge < -0.3 is 19.5 Å². The number of nitrogens with zero attached hydrogens (tertiary/aromatic N) is 7. The van der Waals surface area contributed by atoms with Crippen LogP contribution in [0.2, 0.25) is 20.1 Å². The molecule has 3 N–H and O–H groups in total. The van der Waals surface area contributed by atoms with Gasteiger partial charge >= 0.3 is 0 Å². The van der Waals surface area contributed by atoms with Crippen LogP contribution in [-0.2, 0) is 37.8 Å². The Labute approximate surface area is 383 Å². The van der Waals surface area contributed by atoms with Gasteiger partial charge in [-0.1, -0.05) is 53.3 Å². The van der Waals surface area contributed by atoms with Crippen LogP contribution < -0.4 is 14.8 Å². The molecule has 0 aliphatic carbocycles. The van der Waals surface area contributed by atoms with E-state index >= 15 is 0 Å². The normalized spacial score (nSPS) is 14.5. The average Bonchev–Trinajstić information content (AvgIpc) is 3.75. The fourth-order valence-corrected chi connectivity index (χ4v) is 8.09. The van der Waals surface area contributed by atoms with E-state index in [2.05, 4.69) is 25.8 Å². The lowest BCUT2D eigenvalue weighted by Crippen LogP contribution is -2.21. The van der Waals surface area contributed by atoms with Crippen molar-refractivity contribution in [2.24, 2.45) is 20.5 Å². The van der Waals surface area contributed by atoms with Crippen LogP contribution in [0.4, 0.5) is 28.7 Å². The molecular weight excluding hydrogens is 942 g/mol. The molecule has 1 atom stereocenters. The Hall–Kier alpha value is -4.57. The summed E-state index contributed by atoms with van der Waals surface area (Å²) < 4.78 is 83.3. The highest BCUT2D eigenvalue weighted by Crippen LogP contribution is 2.38. The van der Waals surface area contributed by atoms with Gasteiger partial charge in [0.1, 0.15) is 39.4 Å². The first-order valence-electron chi connectivity index (χ1n) is 19.3. The Balaban J connectivity index is 1.34. The van der Waals surface area contributed by atoms with Crippen molar-refractivity contribution in [1.82, 2.24) is 15.0 Å². The third-order valence-electron chi connectivity index (χ3n) is 9.03. The predicted molar refractivity (Wildman–Crippen MR) is 239 cm³/mol. The Morgan fingerprint density at radius 2 is 1.33 bits per heavy atom. The van der Waals surface area contributed by atoms with E-state index in [0.717, 1.165) is 25.3 Å². The van der Waals surface area contributed by atoms with Crippen molar-refractivity contribution >= 4 is 95.3 Å². The lowest BCUT2D eigenvalue weighted by molar-refractivity contribution is 0.120. The molecule has 17 nitrogen and oxygen atoms in total. The molecule has 0 radical (unpaired) electrons. The molecular formula is C40H40Cl4N8O9S2. The van der Waals surface area contributed by atoms with E-state index in [1.807, 2.05) is 6.92 Å². The zero-order valence-electron chi connectivity index (χ0n) is 33.4. The summed E-state index contributed by atoms with van der Waals surface area (Å²) in [4.78, 5) is 13.7. The number of aromatic nitrogens is 3. The second kappa shape index (κ2) is 21.9. The van der Waals surface area contributed by atoms with Crippen molar-refractivity contribution in [2.45, 2.75) is 56.4 Å². The smallest absolute Gasteiger partial charge is 0.296 e. The van der Waals surface area contributed by atoms with E-state index in [0.29, 0.717) is 69.7 Å². The SMILES string of the molecule is CCCOc1cc(N=Nc2ccc(Cl)cc2)c(Cl)cc1Cc1nc(Cc2cc(Cl)c(N=Nc3ccc(Cl)c(S(=O)(=O)O)c3)cc2OCCCS(=O)(=O)O)nc(NCC2CCCO2)n1. The lowest BCUT2D eigenvalue weighted by atomic mass is 10.1. The third kappa shape index (κ3) is 14.5. The molecule has 5 aromatic rings. The van der Waals surface area contributed by atoms with Crippen molar-refractivity contribution in [3.8, 4) is 11.5 Å². The molecule has 1 unspecified atom stereocenters. The van der Waals surface area contributed by atoms with Crippen LogP contribution in [0.1, 0.15) is 55.4 Å². The molecule has 1 aromatic heterocycles. The minimum Gasteiger partial charge on any atom is -0.493 e. The van der Waals surface area contributed by atoms with Crippen molar-refractivity contribution in [3.05, 3.63) is 110 Å². The van der Waals surface area contributed by atoms with Crippen LogP contribution in [0.5, 0.6) is 11.5 Å². The molecule has 0 spiro atoms. The topological polar surface area (TPSA) is 237 Å². The second-order valence-corrected chi connectivity index (χ2v) is 18.6. The summed E-state index contributed by atoms with van der Waals surface area (Å²) in [6, 6.07) is 17.0. The van der Waals surface area contributed by atoms with E-state index < -0.39 is 30.9 Å². The number of hydrogen-bond donors (Lipinski definition) is 3. The van der Waals surface area contributed by atoms with Gasteiger partial charge in [-0.2, -0.15) is 37.0 Å². The van der Waals surface area contributed by atoms with Gasteiger partial charge in [-0.05, 0) is 80.3 Å². The van der Waals surface area contributed by atoms with Crippen LogP contribution >= 0.6 is 46.4 Å². The molecule has 0 bridgehead atoms. The number of hydrogen-bond acceptors (Lipinski definition) is 15. The Morgan fingerprint density at radius 1 is 0.746 bits per heavy atom. The molecule has 63 heavy (non-hydrogen) atoms. The molecule has 2 heterocycles. The minimum atomic E-state index is -4.66. The van der Waals surface area contributed by atoms with Gasteiger partial charge in [0.25, 0.3) is 20.2 Å². The Bertz CT molecular complexity index is 2710. The molecule has 334 valence electrons. The van der Waals surface area contributed by atoms with Crippen molar-refractivity contribution in [1.29, 1.82) is 0 Å². The molecule has 0 amide bonds. The number of nitrogens with one attached hydrogen (secondary N) is 1. The van der Waals surface area contributed by atoms with Crippen LogP contribution in [0, 0.1) is 0 Å². The maximum absolute atomic E-state index is 11.8. The molecule has 1 saturated heterocycles. The standard InChI is InChI=1S/C40H40Cl4N8O9S2/c1-2-12-60-35-21-33(51-49-27-8-6-26(41)7-9-27)31(43)16-24(35)18-38-46-39(48-40(47-38)45-23-29-5-3-13-59-29)19-25-17-32(44)34(22-36(25)61-14-4-15-62(53,54)55)52-50-28-10-11-30(42)37(20-28)63(56,57)58/h6-11,16-17,20-22,29H,2-5,12-15,18-19,23H2,1H3,(H,53,54,55)(H,56,57,58)(H,45,46,47,48). The van der Waals surface area contributed by atoms with E-state index in [-0.39, 0.29) is 65.1 Å². The van der Waals surface area contributed by atoms with E-state index in [1.54, 1.807) is 42.5 Å². The quantitative estimate of drug-likeness (QED) is 0.0374. The third-order valence-corrected chi connectivity index (χ3v) is 12.0. The van der Waals surface area contributed by atoms with Gasteiger partial charge in [0, 0.05) is 54.3 Å². The Morgan fingerprint density at radius 3 is 1.89 bits per heavy atom. The Kier molecular flexibility index (Phi) is 16.6. The molecule has 1 fully saturated rings. The monoisotopic (exact) mass is 980 g/mol. The summed E-state index contributed by atoms with van der Waals surface area (Å²) in [7, 11) is -8.92. The zero-order valence-corrected chi connectivity index (χ0v) is 38.1. The van der Waals surface area contributed by atoms with Crippen molar-refractivity contribution in [3.63, 3.8) is 0 Å². The molecule has 1 aliphatic heterocycles. The number of rotatable bonds is 20. The highest BCUT2D eigenvalue weighted by atomic mass is 35.5. The summed E-state index contributed by atoms with van der Waals surface area (Å²) >= 11 is 25.4. The maximum atomic E-state index is 11.8. The first kappa shape index (κ1) is 47.9. The molecule has 23 heteroatoms. The fourth-order valence-electron chi connectivity index (χ4n) is 6.04. The minimum absolute atomic E-state index is 0.0325. The van der Waals surface area contributed by atoms with Crippen LogP contribution in [-0.4, -0.2) is 79.1 Å². The van der Waals surface area contributed by atoms with Crippen LogP contribution in [0.15, 0.2) is 92.1 Å². The van der Waals surface area contributed by atoms with E-state index in [1.165, 1.54) is 18.2 Å². The highest BCUT2D eigenvalue weighted by Gasteiger charge is 2.20. The average molecular weight is 983 g/mol. The summed E-state index contributed by atoms with van der Waals surface area (Å²) in [6.45, 7) is 3.36. The largest absolute Gasteiger partial charge is 0.493 e. The van der Waals surface area contributed by atoms with Gasteiger partial charge in [-0.3, -0.25) is 9.11 Å². The van der Waals surface area contributed by atoms with Gasteiger partial charge in [0.15, 0.2) is 0 Å². The van der Waals surface area contributed by atoms with E-state index in [9.17, 15) is 25.9 Å². The number of azo groups is 2. The molecule has 4 aromatic carbocycles. The van der Waals surface area contributed by atoms with Crippen LogP contribution in [0.25, 0.3) is 0 Å². The summed E-state index contributed by atoms with van der Waals surface area (Å²) in [5, 5.41) is 20.9. The van der Waals surface area contributed by atoms with Gasteiger partial charge in [-0.15, -0.1) is 10.2 Å². The maximum Gasteiger partial charge on any atom is 0.296 e. The first-order chi connectivity index (χ1) is 30.0. The molecule has 0 saturated carbocycles. The number of anilines is 1. The number of ether oxygens (including phenoxy) is 3. The number of halogens is 4. The fraction of sp³-hybridized carbons (Fsp3) is 0.325. The summed E-state index contributed by atoms with van der Waals surface area (Å²) in [6.07, 6.45) is 2.65. The lowest BCUT2D eigenvalue weighted by Gasteiger charge is -2.16. The van der Waals surface area contributed by atoms with Gasteiger partial charge in [0.2, 0.25) is 5.95 Å². The number of benzene rings is 4. The van der Waals surface area contributed by atoms with Crippen molar-refractivity contribution < 1.29 is 40.2 Å². The van der Waals surface area contributed by atoms with E-state index in [4.69, 9.17) is 75.6 Å². The highest BCUT2D eigenvalue weighted by molar-refractivity contribution is 7.86. The molecule has 6 rings (SSSR count). The van der Waals surface area contributed by atoms with Crippen LogP contribution in [0.3, 0.4) is 0 Å². The summed E-state index contributed by atoms with van der Waals surface area (Å²) in [5.74, 6) is 1.11. The zero-order chi connectivity index (χ0) is 45.1. The summed E-state index contributed by atoms with van der Waals surface area (Å²) in [5.41, 5.74) is 2.24. The van der Waals surface area contributed by atoms with Gasteiger partial charge in [-0.25, -0.2) is 4.98 Å². The predicted octanol–water partition coefficient (Wildman–Crippen LogP) is 10.8. The van der Waals surface area contributed by atoms with Crippen molar-refractivity contribution in [2.75, 3.05) is 37.4 Å². The molecule has 1 aliphatic rings. The first-order valence-corrected chi connectivity index (χ1v) is 23.9. The second-order valence-electron chi connectivity index (χ2n) is 14.0.